The zero-order chi connectivity index (χ0) is 14.1. The van der Waals surface area contributed by atoms with E-state index in [1.807, 2.05) is 13.8 Å². The summed E-state index contributed by atoms with van der Waals surface area (Å²) in [6.45, 7) is 10.3. The molecule has 1 rings (SSSR count). The molecule has 1 atom stereocenters. The van der Waals surface area contributed by atoms with Crippen LogP contribution in [0.4, 0.5) is 0 Å². The standard InChI is InChI=1S/C15H31O3P/c1-5-16-15(4,17-6-2)19(18-7-3)13-14-11-9-8-10-12-14/h14H,5-13H2,1-4H3. The Kier molecular flexibility index (Phi) is 8.48. The lowest BCUT2D eigenvalue weighted by molar-refractivity contribution is -0.163. The van der Waals surface area contributed by atoms with Crippen molar-refractivity contribution in [1.82, 2.24) is 0 Å². The van der Waals surface area contributed by atoms with E-state index in [-0.39, 0.29) is 0 Å². The molecular weight excluding hydrogens is 259 g/mol. The van der Waals surface area contributed by atoms with Crippen LogP contribution >= 0.6 is 8.15 Å². The molecule has 0 aliphatic heterocycles. The molecule has 114 valence electrons. The van der Waals surface area contributed by atoms with Gasteiger partial charge in [-0.15, -0.1) is 0 Å². The van der Waals surface area contributed by atoms with Gasteiger partial charge in [-0.3, -0.25) is 0 Å². The van der Waals surface area contributed by atoms with E-state index in [0.29, 0.717) is 13.2 Å². The smallest absolute Gasteiger partial charge is 0.209 e. The highest BCUT2D eigenvalue weighted by Crippen LogP contribution is 2.54. The summed E-state index contributed by atoms with van der Waals surface area (Å²) in [5.74, 6) is 0.798. The second-order valence-electron chi connectivity index (χ2n) is 5.25. The molecule has 0 saturated heterocycles. The van der Waals surface area contributed by atoms with Gasteiger partial charge in [0.1, 0.15) is 0 Å². The Morgan fingerprint density at radius 2 is 1.53 bits per heavy atom. The molecule has 3 nitrogen and oxygen atoms in total. The summed E-state index contributed by atoms with van der Waals surface area (Å²) in [6.07, 6.45) is 7.97. The highest BCUT2D eigenvalue weighted by Gasteiger charge is 2.38. The maximum absolute atomic E-state index is 6.03. The molecule has 0 radical (unpaired) electrons. The van der Waals surface area contributed by atoms with E-state index >= 15 is 0 Å². The van der Waals surface area contributed by atoms with Gasteiger partial charge in [0.15, 0.2) is 0 Å². The molecule has 19 heavy (non-hydrogen) atoms. The van der Waals surface area contributed by atoms with E-state index in [0.717, 1.165) is 18.7 Å². The Hall–Kier alpha value is 0.310. The number of ether oxygens (including phenoxy) is 2. The third-order valence-corrected chi connectivity index (χ3v) is 6.29. The van der Waals surface area contributed by atoms with Gasteiger partial charge in [0.2, 0.25) is 5.53 Å². The van der Waals surface area contributed by atoms with Crippen molar-refractivity contribution in [3.05, 3.63) is 0 Å². The molecule has 0 aromatic heterocycles. The molecule has 0 aromatic carbocycles. The summed E-state index contributed by atoms with van der Waals surface area (Å²) >= 11 is 0. The quantitative estimate of drug-likeness (QED) is 0.453. The summed E-state index contributed by atoms with van der Waals surface area (Å²) < 4.78 is 17.8. The van der Waals surface area contributed by atoms with Gasteiger partial charge in [-0.1, -0.05) is 32.1 Å². The van der Waals surface area contributed by atoms with Crippen molar-refractivity contribution < 1.29 is 14.0 Å². The van der Waals surface area contributed by atoms with Crippen LogP contribution in [0.1, 0.15) is 59.8 Å². The summed E-state index contributed by atoms with van der Waals surface area (Å²) in [5, 5.41) is 0. The molecule has 0 spiro atoms. The van der Waals surface area contributed by atoms with Crippen molar-refractivity contribution in [1.29, 1.82) is 0 Å². The lowest BCUT2D eigenvalue weighted by Crippen LogP contribution is -2.33. The predicted molar refractivity (Wildman–Crippen MR) is 81.6 cm³/mol. The molecular formula is C15H31O3P. The van der Waals surface area contributed by atoms with Crippen LogP contribution in [0, 0.1) is 5.92 Å². The molecule has 1 unspecified atom stereocenters. The van der Waals surface area contributed by atoms with Gasteiger partial charge in [0.05, 0.1) is 8.15 Å². The van der Waals surface area contributed by atoms with E-state index in [9.17, 15) is 0 Å². The van der Waals surface area contributed by atoms with Gasteiger partial charge in [-0.05, 0) is 39.8 Å². The highest BCUT2D eigenvalue weighted by molar-refractivity contribution is 7.53. The average molecular weight is 290 g/mol. The van der Waals surface area contributed by atoms with E-state index in [4.69, 9.17) is 14.0 Å². The Labute approximate surface area is 120 Å². The fourth-order valence-electron chi connectivity index (χ4n) is 2.82. The number of rotatable bonds is 9. The van der Waals surface area contributed by atoms with Gasteiger partial charge in [0, 0.05) is 19.8 Å². The van der Waals surface area contributed by atoms with Crippen molar-refractivity contribution in [2.45, 2.75) is 65.3 Å². The first-order chi connectivity index (χ1) is 9.16. The lowest BCUT2D eigenvalue weighted by atomic mass is 9.91. The Bertz CT molecular complexity index is 223. The summed E-state index contributed by atoms with van der Waals surface area (Å²) in [4.78, 5) is 0. The molecule has 0 amide bonds. The van der Waals surface area contributed by atoms with E-state index < -0.39 is 13.7 Å². The fourth-order valence-corrected chi connectivity index (χ4v) is 5.18. The minimum atomic E-state index is -0.685. The van der Waals surface area contributed by atoms with Crippen LogP contribution in [0.2, 0.25) is 0 Å². The van der Waals surface area contributed by atoms with Crippen molar-refractivity contribution in [3.8, 4) is 0 Å². The van der Waals surface area contributed by atoms with Gasteiger partial charge >= 0.3 is 0 Å². The first-order valence-corrected chi connectivity index (χ1v) is 9.29. The minimum absolute atomic E-state index is 0.535. The molecule has 4 heteroatoms. The van der Waals surface area contributed by atoms with Crippen molar-refractivity contribution in [2.24, 2.45) is 5.92 Å². The predicted octanol–water partition coefficient (Wildman–Crippen LogP) is 4.75. The molecule has 0 heterocycles. The summed E-state index contributed by atoms with van der Waals surface area (Å²) in [6, 6.07) is 0. The average Bonchev–Trinajstić information content (AvgIpc) is 2.40. The van der Waals surface area contributed by atoms with Gasteiger partial charge in [-0.25, -0.2) is 0 Å². The maximum atomic E-state index is 6.03. The molecule has 0 aromatic rings. The van der Waals surface area contributed by atoms with Crippen molar-refractivity contribution in [3.63, 3.8) is 0 Å². The Balaban J connectivity index is 2.65. The van der Waals surface area contributed by atoms with Crippen LogP contribution in [0.15, 0.2) is 0 Å². The van der Waals surface area contributed by atoms with Gasteiger partial charge < -0.3 is 14.0 Å². The Morgan fingerprint density at radius 1 is 0.947 bits per heavy atom. The second-order valence-corrected chi connectivity index (χ2v) is 7.44. The zero-order valence-corrected chi connectivity index (χ0v) is 14.0. The number of hydrogen-bond donors (Lipinski definition) is 0. The van der Waals surface area contributed by atoms with Crippen LogP contribution in [0.25, 0.3) is 0 Å². The van der Waals surface area contributed by atoms with E-state index in [2.05, 4.69) is 13.8 Å². The molecule has 0 N–H and O–H groups in total. The van der Waals surface area contributed by atoms with Crippen LogP contribution in [-0.2, 0) is 14.0 Å². The summed E-state index contributed by atoms with van der Waals surface area (Å²) in [7, 11) is -0.685. The van der Waals surface area contributed by atoms with Gasteiger partial charge in [-0.2, -0.15) is 0 Å². The van der Waals surface area contributed by atoms with E-state index in [1.54, 1.807) is 0 Å². The first kappa shape index (κ1) is 17.4. The van der Waals surface area contributed by atoms with Crippen LogP contribution in [-0.4, -0.2) is 31.5 Å². The third-order valence-electron chi connectivity index (χ3n) is 3.71. The SMILES string of the molecule is CCOP(CC1CCCCC1)C(C)(OCC)OCC. The summed E-state index contributed by atoms with van der Waals surface area (Å²) in [5.41, 5.74) is -0.535. The topological polar surface area (TPSA) is 27.7 Å². The molecule has 1 aliphatic carbocycles. The lowest BCUT2D eigenvalue weighted by Gasteiger charge is -2.38. The fraction of sp³-hybridized carbons (Fsp3) is 1.00. The maximum Gasteiger partial charge on any atom is 0.209 e. The van der Waals surface area contributed by atoms with Crippen molar-refractivity contribution in [2.75, 3.05) is 26.0 Å². The largest absolute Gasteiger partial charge is 0.354 e. The van der Waals surface area contributed by atoms with Crippen LogP contribution < -0.4 is 0 Å². The Morgan fingerprint density at radius 3 is 2.00 bits per heavy atom. The molecule has 1 aliphatic rings. The normalized spacial score (nSPS) is 19.6. The van der Waals surface area contributed by atoms with Gasteiger partial charge in [0.25, 0.3) is 0 Å². The molecule has 1 fully saturated rings. The highest BCUT2D eigenvalue weighted by atomic mass is 31.1. The minimum Gasteiger partial charge on any atom is -0.354 e. The van der Waals surface area contributed by atoms with Crippen LogP contribution in [0.5, 0.6) is 0 Å². The second kappa shape index (κ2) is 9.28. The zero-order valence-electron chi connectivity index (χ0n) is 13.1. The molecule has 1 saturated carbocycles. The monoisotopic (exact) mass is 290 g/mol. The van der Waals surface area contributed by atoms with E-state index in [1.165, 1.54) is 32.1 Å². The van der Waals surface area contributed by atoms with Crippen molar-refractivity contribution >= 4 is 8.15 Å². The third kappa shape index (κ3) is 5.67. The van der Waals surface area contributed by atoms with Crippen LogP contribution in [0.3, 0.4) is 0 Å². The first-order valence-electron chi connectivity index (χ1n) is 7.84. The molecule has 0 bridgehead atoms. The number of hydrogen-bond acceptors (Lipinski definition) is 3.